The van der Waals surface area contributed by atoms with Crippen LogP contribution in [-0.4, -0.2) is 46.1 Å². The third kappa shape index (κ3) is 9.99. The summed E-state index contributed by atoms with van der Waals surface area (Å²) in [4.78, 5) is 12.8. The van der Waals surface area contributed by atoms with Gasteiger partial charge in [0.15, 0.2) is 0 Å². The van der Waals surface area contributed by atoms with Gasteiger partial charge in [-0.05, 0) is 104 Å². The van der Waals surface area contributed by atoms with Crippen molar-refractivity contribution in [2.75, 3.05) is 6.54 Å². The van der Waals surface area contributed by atoms with Crippen LogP contribution in [0.2, 0.25) is 0 Å². The first kappa shape index (κ1) is 39.1. The fourth-order valence-corrected chi connectivity index (χ4v) is 11.7. The lowest BCUT2D eigenvalue weighted by Crippen LogP contribution is -2.62. The number of amides is 1. The zero-order valence-corrected chi connectivity index (χ0v) is 31.3. The molecular formula is C42H77NO4. The van der Waals surface area contributed by atoms with Gasteiger partial charge < -0.3 is 20.6 Å². The number of carbonyl (C=O) groups excluding carboxylic acids is 1. The van der Waals surface area contributed by atoms with Gasteiger partial charge in [0.2, 0.25) is 5.91 Å². The van der Waals surface area contributed by atoms with Crippen LogP contribution in [0, 0.1) is 46.3 Å². The Labute approximate surface area is 290 Å². The predicted octanol–water partition coefficient (Wildman–Crippen LogP) is 9.74. The third-order valence-electron chi connectivity index (χ3n) is 14.7. The van der Waals surface area contributed by atoms with Crippen LogP contribution in [0.3, 0.4) is 0 Å². The van der Waals surface area contributed by atoms with Crippen LogP contribution in [0.25, 0.3) is 0 Å². The lowest BCUT2D eigenvalue weighted by molar-refractivity contribution is -0.207. The molecule has 1 amide bonds. The summed E-state index contributed by atoms with van der Waals surface area (Å²) in [6.07, 6.45) is 28.7. The van der Waals surface area contributed by atoms with Gasteiger partial charge in [0, 0.05) is 13.0 Å². The molecule has 0 radical (unpaired) electrons. The van der Waals surface area contributed by atoms with Crippen LogP contribution in [0.1, 0.15) is 188 Å². The lowest BCUT2D eigenvalue weighted by Gasteiger charge is -2.63. The molecule has 4 saturated carbocycles. The number of fused-ring (bicyclic) bond motifs is 5. The van der Waals surface area contributed by atoms with Gasteiger partial charge in [0.1, 0.15) is 0 Å². The molecule has 0 spiro atoms. The average molecular weight is 660 g/mol. The molecule has 274 valence electrons. The largest absolute Gasteiger partial charge is 0.393 e. The van der Waals surface area contributed by atoms with Gasteiger partial charge in [0.05, 0.1) is 18.3 Å². The number of rotatable bonds is 21. The van der Waals surface area contributed by atoms with Crippen molar-refractivity contribution >= 4 is 5.91 Å². The number of aliphatic hydroxyl groups is 3. The minimum Gasteiger partial charge on any atom is -0.393 e. The quantitative estimate of drug-likeness (QED) is 0.0924. The summed E-state index contributed by atoms with van der Waals surface area (Å²) in [6.45, 7) is 10.1. The number of unbranched alkanes of at least 4 members (excludes halogenated alkanes) is 15. The number of aliphatic hydroxyl groups excluding tert-OH is 3. The fourth-order valence-electron chi connectivity index (χ4n) is 11.7. The van der Waals surface area contributed by atoms with Crippen molar-refractivity contribution < 1.29 is 20.1 Å². The Morgan fingerprint density at radius 3 is 1.91 bits per heavy atom. The van der Waals surface area contributed by atoms with E-state index in [4.69, 9.17) is 0 Å². The van der Waals surface area contributed by atoms with E-state index in [1.807, 2.05) is 0 Å². The Morgan fingerprint density at radius 2 is 1.32 bits per heavy atom. The summed E-state index contributed by atoms with van der Waals surface area (Å²) < 4.78 is 0. The van der Waals surface area contributed by atoms with Crippen molar-refractivity contribution in [1.29, 1.82) is 0 Å². The molecule has 47 heavy (non-hydrogen) atoms. The summed E-state index contributed by atoms with van der Waals surface area (Å²) in [7, 11) is 0. The van der Waals surface area contributed by atoms with E-state index in [0.29, 0.717) is 36.0 Å². The number of carbonyl (C=O) groups is 1. The maximum absolute atomic E-state index is 12.8. The van der Waals surface area contributed by atoms with E-state index in [-0.39, 0.29) is 41.0 Å². The standard InChI is InChI=1S/C42H77NO4/c1-5-6-7-8-9-10-11-12-13-14-15-16-17-18-19-20-27-43-39(47)24-21-31(2)34-22-23-35-40-36(30-38(46)42(34,35)4)41(3)26-25-33(44)28-32(41)29-37(40)45/h31-38,40,44-46H,5-30H2,1-4H3,(H,43,47)/t31-,32+,33-,34-,35+,36+,37-,38+,40+,41+,42-/m1/s1. The van der Waals surface area contributed by atoms with Gasteiger partial charge in [-0.3, -0.25) is 4.79 Å². The first-order valence-corrected chi connectivity index (χ1v) is 20.9. The minimum absolute atomic E-state index is 0.111. The molecule has 4 N–H and O–H groups in total. The first-order valence-electron chi connectivity index (χ1n) is 20.9. The van der Waals surface area contributed by atoms with Crippen LogP contribution in [0.5, 0.6) is 0 Å². The SMILES string of the molecule is CCCCCCCCCCCCCCCCCCNC(=O)CC[C@@H](C)[C@H]1CC[C@H]2[C@@H]3[C@H](O)C[C@@H]4C[C@H](O)CC[C@]4(C)[C@H]3C[C@H](O)[C@]12C. The zero-order valence-electron chi connectivity index (χ0n) is 31.3. The van der Waals surface area contributed by atoms with Gasteiger partial charge in [-0.25, -0.2) is 0 Å². The summed E-state index contributed by atoms with van der Waals surface area (Å²) in [5.74, 6) is 2.23. The molecule has 0 aromatic heterocycles. The molecule has 11 atom stereocenters. The average Bonchev–Trinajstić information content (AvgIpc) is 3.41. The van der Waals surface area contributed by atoms with Crippen molar-refractivity contribution in [3.05, 3.63) is 0 Å². The van der Waals surface area contributed by atoms with Crippen LogP contribution < -0.4 is 5.32 Å². The molecule has 0 aromatic carbocycles. The van der Waals surface area contributed by atoms with Gasteiger partial charge in [-0.2, -0.15) is 0 Å². The number of hydrogen-bond acceptors (Lipinski definition) is 4. The normalized spacial score (nSPS) is 37.2. The van der Waals surface area contributed by atoms with Gasteiger partial charge in [-0.15, -0.1) is 0 Å². The Kier molecular flexibility index (Phi) is 15.9. The second-order valence-corrected chi connectivity index (χ2v) is 17.7. The van der Waals surface area contributed by atoms with Crippen LogP contribution in [-0.2, 0) is 4.79 Å². The maximum Gasteiger partial charge on any atom is 0.220 e. The van der Waals surface area contributed by atoms with Crippen molar-refractivity contribution in [2.24, 2.45) is 46.3 Å². The Bertz CT molecular complexity index is 911. The highest BCUT2D eigenvalue weighted by atomic mass is 16.3. The number of nitrogens with one attached hydrogen (secondary N) is 1. The molecular weight excluding hydrogens is 582 g/mol. The lowest BCUT2D eigenvalue weighted by atomic mass is 9.43. The number of hydrogen-bond donors (Lipinski definition) is 4. The second-order valence-electron chi connectivity index (χ2n) is 17.7. The van der Waals surface area contributed by atoms with E-state index in [1.165, 1.54) is 96.3 Å². The molecule has 0 aromatic rings. The maximum atomic E-state index is 12.8. The molecule has 0 heterocycles. The van der Waals surface area contributed by atoms with Gasteiger partial charge >= 0.3 is 0 Å². The summed E-state index contributed by atoms with van der Waals surface area (Å²) in [6, 6.07) is 0. The molecule has 0 saturated heterocycles. The van der Waals surface area contributed by atoms with Gasteiger partial charge in [-0.1, -0.05) is 124 Å². The van der Waals surface area contributed by atoms with Crippen molar-refractivity contribution in [1.82, 2.24) is 5.32 Å². The van der Waals surface area contributed by atoms with Crippen LogP contribution in [0.15, 0.2) is 0 Å². The Morgan fingerprint density at radius 1 is 0.745 bits per heavy atom. The topological polar surface area (TPSA) is 89.8 Å². The molecule has 4 aliphatic rings. The first-order chi connectivity index (χ1) is 22.6. The fraction of sp³-hybridized carbons (Fsp3) is 0.976. The summed E-state index contributed by atoms with van der Waals surface area (Å²) in [5, 5.41) is 36.9. The van der Waals surface area contributed by atoms with Crippen molar-refractivity contribution in [2.45, 2.75) is 207 Å². The molecule has 0 aliphatic heterocycles. The molecule has 4 aliphatic carbocycles. The minimum atomic E-state index is -0.359. The smallest absolute Gasteiger partial charge is 0.220 e. The highest BCUT2D eigenvalue weighted by Crippen LogP contribution is 2.68. The van der Waals surface area contributed by atoms with E-state index < -0.39 is 0 Å². The van der Waals surface area contributed by atoms with E-state index in [1.54, 1.807) is 0 Å². The van der Waals surface area contributed by atoms with E-state index in [0.717, 1.165) is 64.3 Å². The monoisotopic (exact) mass is 660 g/mol. The summed E-state index contributed by atoms with van der Waals surface area (Å²) in [5.41, 5.74) is -0.0807. The van der Waals surface area contributed by atoms with E-state index >= 15 is 0 Å². The Hall–Kier alpha value is -0.650. The second kappa shape index (κ2) is 19.1. The third-order valence-corrected chi connectivity index (χ3v) is 14.7. The molecule has 4 fully saturated rings. The van der Waals surface area contributed by atoms with Crippen molar-refractivity contribution in [3.63, 3.8) is 0 Å². The van der Waals surface area contributed by atoms with Crippen molar-refractivity contribution in [3.8, 4) is 0 Å². The molecule has 0 unspecified atom stereocenters. The summed E-state index contributed by atoms with van der Waals surface area (Å²) >= 11 is 0. The molecule has 5 heteroatoms. The molecule has 0 bridgehead atoms. The van der Waals surface area contributed by atoms with E-state index in [2.05, 4.69) is 33.0 Å². The molecule has 5 nitrogen and oxygen atoms in total. The zero-order chi connectivity index (χ0) is 33.9. The van der Waals surface area contributed by atoms with E-state index in [9.17, 15) is 20.1 Å². The predicted molar refractivity (Wildman–Crippen MR) is 195 cm³/mol. The van der Waals surface area contributed by atoms with Crippen LogP contribution in [0.4, 0.5) is 0 Å². The highest BCUT2D eigenvalue weighted by molar-refractivity contribution is 5.75. The molecule has 4 rings (SSSR count). The van der Waals surface area contributed by atoms with Gasteiger partial charge in [0.25, 0.3) is 0 Å². The van der Waals surface area contributed by atoms with Crippen LogP contribution >= 0.6 is 0 Å². The highest BCUT2D eigenvalue weighted by Gasteiger charge is 2.65. The Balaban J connectivity index is 1.07.